The molecule has 168 valence electrons. The van der Waals surface area contributed by atoms with Gasteiger partial charge in [-0.3, -0.25) is 4.79 Å². The van der Waals surface area contributed by atoms with Gasteiger partial charge in [-0.05, 0) is 54.0 Å². The molecule has 0 unspecified atom stereocenters. The van der Waals surface area contributed by atoms with Gasteiger partial charge in [-0.1, -0.05) is 95.2 Å². The van der Waals surface area contributed by atoms with E-state index in [4.69, 9.17) is 4.74 Å². The molecule has 0 saturated heterocycles. The topological polar surface area (TPSA) is 26.3 Å². The molecule has 1 aliphatic rings. The maximum atomic E-state index is 12.8. The Bertz CT molecular complexity index is 775. The average molecular weight is 421 g/mol. The van der Waals surface area contributed by atoms with Crippen molar-refractivity contribution in [1.82, 2.24) is 0 Å². The Hall–Kier alpha value is -2.09. The molecule has 0 N–H and O–H groups in total. The summed E-state index contributed by atoms with van der Waals surface area (Å²) in [4.78, 5) is 12.8. The van der Waals surface area contributed by atoms with Gasteiger partial charge >= 0.3 is 0 Å². The second-order valence-electron chi connectivity index (χ2n) is 9.22. The highest BCUT2D eigenvalue weighted by Gasteiger charge is 2.29. The van der Waals surface area contributed by atoms with Gasteiger partial charge in [-0.25, -0.2) is 0 Å². The van der Waals surface area contributed by atoms with E-state index in [0.29, 0.717) is 11.7 Å². The van der Waals surface area contributed by atoms with E-state index in [0.717, 1.165) is 31.6 Å². The second-order valence-corrected chi connectivity index (χ2v) is 9.22. The van der Waals surface area contributed by atoms with Crippen molar-refractivity contribution in [1.29, 1.82) is 0 Å². The first-order valence-electron chi connectivity index (χ1n) is 12.6. The number of ether oxygens (including phenoxy) is 1. The molecule has 2 aromatic rings. The molecule has 1 saturated carbocycles. The normalized spacial score (nSPS) is 18.8. The van der Waals surface area contributed by atoms with Crippen molar-refractivity contribution < 1.29 is 9.53 Å². The zero-order valence-electron chi connectivity index (χ0n) is 19.6. The minimum Gasteiger partial charge on any atom is -0.494 e. The number of hydrogen-bond donors (Lipinski definition) is 0. The van der Waals surface area contributed by atoms with Crippen LogP contribution in [0.3, 0.4) is 0 Å². The molecule has 0 amide bonds. The molecule has 0 heterocycles. The van der Waals surface area contributed by atoms with Crippen molar-refractivity contribution in [3.05, 3.63) is 54.1 Å². The fourth-order valence-electron chi connectivity index (χ4n) is 4.74. The lowest BCUT2D eigenvalue weighted by molar-refractivity contribution is -0.123. The lowest BCUT2D eigenvalue weighted by Crippen LogP contribution is -2.23. The molecule has 31 heavy (non-hydrogen) atoms. The Morgan fingerprint density at radius 1 is 0.774 bits per heavy atom. The molecule has 1 aliphatic carbocycles. The first-order valence-corrected chi connectivity index (χ1v) is 12.6. The molecule has 2 heteroatoms. The van der Waals surface area contributed by atoms with Crippen molar-refractivity contribution in [3.63, 3.8) is 0 Å². The van der Waals surface area contributed by atoms with Gasteiger partial charge in [-0.15, -0.1) is 0 Å². The number of benzene rings is 2. The van der Waals surface area contributed by atoms with Crippen LogP contribution in [0.4, 0.5) is 0 Å². The summed E-state index contributed by atoms with van der Waals surface area (Å²) in [6.07, 6.45) is 12.9. The van der Waals surface area contributed by atoms with E-state index in [1.165, 1.54) is 68.1 Å². The second kappa shape index (κ2) is 12.7. The summed E-state index contributed by atoms with van der Waals surface area (Å²) in [6, 6.07) is 17.0. The van der Waals surface area contributed by atoms with Gasteiger partial charge in [0.05, 0.1) is 6.61 Å². The van der Waals surface area contributed by atoms with E-state index < -0.39 is 0 Å². The third kappa shape index (κ3) is 7.23. The minimum absolute atomic E-state index is 0.0972. The summed E-state index contributed by atoms with van der Waals surface area (Å²) in [5.74, 6) is 2.10. The van der Waals surface area contributed by atoms with Crippen molar-refractivity contribution in [2.45, 2.75) is 90.4 Å². The number of rotatable bonds is 12. The molecule has 2 aromatic carbocycles. The third-order valence-electron chi connectivity index (χ3n) is 6.73. The van der Waals surface area contributed by atoms with Crippen LogP contribution in [-0.2, 0) is 4.79 Å². The Morgan fingerprint density at radius 3 is 2.06 bits per heavy atom. The molecular weight excluding hydrogens is 380 g/mol. The average Bonchev–Trinajstić information content (AvgIpc) is 2.80. The summed E-state index contributed by atoms with van der Waals surface area (Å²) in [6.45, 7) is 5.26. The Labute approximate surface area is 189 Å². The zero-order chi connectivity index (χ0) is 21.9. The van der Waals surface area contributed by atoms with Crippen LogP contribution >= 0.6 is 0 Å². The molecule has 2 atom stereocenters. The minimum atomic E-state index is 0.0972. The van der Waals surface area contributed by atoms with Gasteiger partial charge in [0.2, 0.25) is 0 Å². The number of hydrogen-bond acceptors (Lipinski definition) is 2. The first kappa shape index (κ1) is 23.6. The Balaban J connectivity index is 1.51. The maximum absolute atomic E-state index is 12.8. The predicted octanol–water partition coefficient (Wildman–Crippen LogP) is 8.35. The summed E-state index contributed by atoms with van der Waals surface area (Å²) in [5.41, 5.74) is 3.57. The summed E-state index contributed by atoms with van der Waals surface area (Å²) >= 11 is 0. The van der Waals surface area contributed by atoms with Gasteiger partial charge in [0.15, 0.2) is 0 Å². The SMILES string of the molecule is CCCCCCOc1ccc(-c2ccc([C@@H]3CC[C@@H](CCCCC)CC3=O)cc2)cc1. The van der Waals surface area contributed by atoms with E-state index in [-0.39, 0.29) is 5.92 Å². The van der Waals surface area contributed by atoms with Crippen LogP contribution in [0.1, 0.15) is 96.0 Å². The zero-order valence-corrected chi connectivity index (χ0v) is 19.6. The molecule has 3 rings (SSSR count). The fourth-order valence-corrected chi connectivity index (χ4v) is 4.74. The lowest BCUT2D eigenvalue weighted by atomic mass is 9.76. The van der Waals surface area contributed by atoms with Crippen molar-refractivity contribution in [3.8, 4) is 16.9 Å². The molecule has 0 aliphatic heterocycles. The highest BCUT2D eigenvalue weighted by Crippen LogP contribution is 2.36. The van der Waals surface area contributed by atoms with Crippen LogP contribution < -0.4 is 4.74 Å². The number of carbonyl (C=O) groups excluding carboxylic acids is 1. The smallest absolute Gasteiger partial charge is 0.140 e. The highest BCUT2D eigenvalue weighted by atomic mass is 16.5. The summed E-state index contributed by atoms with van der Waals surface area (Å²) in [7, 11) is 0. The maximum Gasteiger partial charge on any atom is 0.140 e. The van der Waals surface area contributed by atoms with E-state index in [2.05, 4.69) is 62.4 Å². The monoisotopic (exact) mass is 420 g/mol. The van der Waals surface area contributed by atoms with Crippen LogP contribution in [0.15, 0.2) is 48.5 Å². The summed E-state index contributed by atoms with van der Waals surface area (Å²) < 4.78 is 5.86. The molecule has 0 radical (unpaired) electrons. The van der Waals surface area contributed by atoms with E-state index in [9.17, 15) is 4.79 Å². The van der Waals surface area contributed by atoms with Gasteiger partial charge in [0.1, 0.15) is 11.5 Å². The largest absolute Gasteiger partial charge is 0.494 e. The molecule has 0 bridgehead atoms. The van der Waals surface area contributed by atoms with Crippen molar-refractivity contribution in [2.75, 3.05) is 6.61 Å². The van der Waals surface area contributed by atoms with Gasteiger partial charge in [0, 0.05) is 12.3 Å². The van der Waals surface area contributed by atoms with Crippen LogP contribution in [0, 0.1) is 5.92 Å². The van der Waals surface area contributed by atoms with Crippen LogP contribution in [0.2, 0.25) is 0 Å². The molecule has 2 nitrogen and oxygen atoms in total. The van der Waals surface area contributed by atoms with E-state index >= 15 is 0 Å². The Morgan fingerprint density at radius 2 is 1.42 bits per heavy atom. The van der Waals surface area contributed by atoms with Crippen molar-refractivity contribution in [2.24, 2.45) is 5.92 Å². The fraction of sp³-hybridized carbons (Fsp3) is 0.552. The van der Waals surface area contributed by atoms with Crippen LogP contribution in [0.5, 0.6) is 5.75 Å². The van der Waals surface area contributed by atoms with E-state index in [1.807, 2.05) is 0 Å². The van der Waals surface area contributed by atoms with E-state index in [1.54, 1.807) is 0 Å². The number of unbranched alkanes of at least 4 members (excludes halogenated alkanes) is 5. The lowest BCUT2D eigenvalue weighted by Gasteiger charge is -2.27. The van der Waals surface area contributed by atoms with Crippen LogP contribution in [-0.4, -0.2) is 12.4 Å². The van der Waals surface area contributed by atoms with Gasteiger partial charge in [-0.2, -0.15) is 0 Å². The number of Topliss-reactive ketones (excluding diaryl/α,β-unsaturated/α-hetero) is 1. The molecule has 0 aromatic heterocycles. The quantitative estimate of drug-likeness (QED) is 0.322. The van der Waals surface area contributed by atoms with Gasteiger partial charge < -0.3 is 4.74 Å². The van der Waals surface area contributed by atoms with Crippen LogP contribution in [0.25, 0.3) is 11.1 Å². The van der Waals surface area contributed by atoms with Crippen molar-refractivity contribution >= 4 is 5.78 Å². The molecule has 0 spiro atoms. The van der Waals surface area contributed by atoms with Gasteiger partial charge in [0.25, 0.3) is 0 Å². The Kier molecular flexibility index (Phi) is 9.65. The first-order chi connectivity index (χ1) is 15.2. The molecule has 1 fully saturated rings. The molecular formula is C29H40O2. The highest BCUT2D eigenvalue weighted by molar-refractivity contribution is 5.86. The summed E-state index contributed by atoms with van der Waals surface area (Å²) in [5, 5.41) is 0. The standard InChI is InChI=1S/C29H40O2/c1-3-5-7-9-21-31-27-18-16-25(17-19-27)24-12-14-26(15-13-24)28-20-11-23(22-29(28)30)10-8-6-4-2/h12-19,23,28H,3-11,20-22H2,1-2H3/t23-,28+/m1/s1. The predicted molar refractivity (Wildman–Crippen MR) is 131 cm³/mol. The number of ketones is 1. The number of carbonyl (C=O) groups is 1. The third-order valence-corrected chi connectivity index (χ3v) is 6.73.